The largest absolute Gasteiger partial charge is 0.514 e. The molecule has 1 heterocycles. The second kappa shape index (κ2) is 14.6. The summed E-state index contributed by atoms with van der Waals surface area (Å²) in [4.78, 5) is 70.3. The molecule has 2 unspecified atom stereocenters. The minimum absolute atomic E-state index is 0.0439. The van der Waals surface area contributed by atoms with Crippen molar-refractivity contribution in [3.63, 3.8) is 0 Å². The highest BCUT2D eigenvalue weighted by atomic mass is 16.7. The Morgan fingerprint density at radius 3 is 1.86 bits per heavy atom. The molecule has 0 N–H and O–H groups in total. The highest BCUT2D eigenvalue weighted by Gasteiger charge is 2.55. The monoisotopic (exact) mass is 605 g/mol. The van der Waals surface area contributed by atoms with Gasteiger partial charge in [0.2, 0.25) is 12.4 Å². The number of benzene rings is 2. The van der Waals surface area contributed by atoms with E-state index in [1.807, 2.05) is 0 Å². The molecule has 16 nitrogen and oxygen atoms in total. The van der Waals surface area contributed by atoms with E-state index in [0.29, 0.717) is 5.56 Å². The van der Waals surface area contributed by atoms with E-state index in [0.717, 1.165) is 27.9 Å². The van der Waals surface area contributed by atoms with Gasteiger partial charge in [0.25, 0.3) is 5.69 Å². The summed E-state index contributed by atoms with van der Waals surface area (Å²) in [6, 6.07) is 10.7. The van der Waals surface area contributed by atoms with Crippen LogP contribution >= 0.6 is 0 Å². The van der Waals surface area contributed by atoms with Crippen LogP contribution in [0, 0.1) is 10.1 Å². The molecule has 3 rings (SSSR count). The molecule has 16 heteroatoms. The highest BCUT2D eigenvalue weighted by molar-refractivity contribution is 5.77. The standard InChI is InChI=1S/C27H27NO15/c1-14(29)38-21-22(39-15(2)30)24(40-16(3)31)26(43-23(21)25(32)36-4)41-19-9-5-17(6-10-19)13-37-27(33)42-20-11-7-18(8-12-20)28(34)35/h5-12,21-24,26H,13H2,1-4H3/t21?,22-,23-,24?,26+/m0/s1. The molecule has 2 aromatic carbocycles. The van der Waals surface area contributed by atoms with Gasteiger partial charge in [-0.3, -0.25) is 24.5 Å². The molecule has 43 heavy (non-hydrogen) atoms. The predicted octanol–water partition coefficient (Wildman–Crippen LogP) is 2.38. The lowest BCUT2D eigenvalue weighted by Gasteiger charge is -2.43. The highest BCUT2D eigenvalue weighted by Crippen LogP contribution is 2.31. The average Bonchev–Trinajstić information content (AvgIpc) is 2.94. The number of hydrogen-bond donors (Lipinski definition) is 0. The zero-order valence-electron chi connectivity index (χ0n) is 23.3. The first-order valence-corrected chi connectivity index (χ1v) is 12.5. The number of nitro groups is 1. The number of carbonyl (C=O) groups is 5. The van der Waals surface area contributed by atoms with Crippen LogP contribution in [0.3, 0.4) is 0 Å². The Kier molecular flexibility index (Phi) is 10.9. The fourth-order valence-corrected chi connectivity index (χ4v) is 3.88. The van der Waals surface area contributed by atoms with Crippen LogP contribution in [0.5, 0.6) is 11.5 Å². The number of nitrogens with zero attached hydrogens (tertiary/aromatic N) is 1. The molecule has 0 spiro atoms. The van der Waals surface area contributed by atoms with Crippen LogP contribution in [-0.2, 0) is 54.2 Å². The van der Waals surface area contributed by atoms with Gasteiger partial charge in [-0.1, -0.05) is 12.1 Å². The maximum Gasteiger partial charge on any atom is 0.514 e. The fourth-order valence-electron chi connectivity index (χ4n) is 3.88. The number of hydrogen-bond acceptors (Lipinski definition) is 15. The van der Waals surface area contributed by atoms with Gasteiger partial charge in [-0.15, -0.1) is 0 Å². The van der Waals surface area contributed by atoms with Crippen molar-refractivity contribution < 1.29 is 66.8 Å². The van der Waals surface area contributed by atoms with E-state index in [2.05, 4.69) is 0 Å². The Morgan fingerprint density at radius 1 is 0.791 bits per heavy atom. The van der Waals surface area contributed by atoms with Crippen molar-refractivity contribution >= 4 is 35.7 Å². The molecule has 1 aliphatic heterocycles. The molecule has 1 fully saturated rings. The summed E-state index contributed by atoms with van der Waals surface area (Å²) >= 11 is 0. The van der Waals surface area contributed by atoms with Gasteiger partial charge in [-0.2, -0.15) is 0 Å². The Hall–Kier alpha value is -5.25. The van der Waals surface area contributed by atoms with Gasteiger partial charge in [-0.05, 0) is 29.8 Å². The fraction of sp³-hybridized carbons (Fsp3) is 0.370. The molecule has 2 aromatic rings. The van der Waals surface area contributed by atoms with Gasteiger partial charge in [0.1, 0.15) is 18.1 Å². The molecule has 0 aromatic heterocycles. The molecular formula is C27H27NO15. The second-order valence-corrected chi connectivity index (χ2v) is 8.82. The van der Waals surface area contributed by atoms with Crippen molar-refractivity contribution in [3.8, 4) is 11.5 Å². The van der Waals surface area contributed by atoms with E-state index in [-0.39, 0.29) is 23.8 Å². The third kappa shape index (κ3) is 9.12. The van der Waals surface area contributed by atoms with Crippen molar-refractivity contribution in [2.45, 2.75) is 58.1 Å². The van der Waals surface area contributed by atoms with Crippen molar-refractivity contribution in [2.75, 3.05) is 7.11 Å². The Labute approximate surface area is 243 Å². The zero-order valence-corrected chi connectivity index (χ0v) is 23.3. The first-order chi connectivity index (χ1) is 20.4. The quantitative estimate of drug-likeness (QED) is 0.125. The minimum Gasteiger partial charge on any atom is -0.467 e. The van der Waals surface area contributed by atoms with Crippen LogP contribution in [0.4, 0.5) is 10.5 Å². The van der Waals surface area contributed by atoms with Gasteiger partial charge >= 0.3 is 30.0 Å². The first-order valence-electron chi connectivity index (χ1n) is 12.5. The van der Waals surface area contributed by atoms with Gasteiger partial charge in [0.15, 0.2) is 18.3 Å². The summed E-state index contributed by atoms with van der Waals surface area (Å²) < 4.78 is 42.1. The molecule has 0 bridgehead atoms. The van der Waals surface area contributed by atoms with Gasteiger partial charge in [0, 0.05) is 32.9 Å². The second-order valence-electron chi connectivity index (χ2n) is 8.82. The molecular weight excluding hydrogens is 578 g/mol. The number of esters is 4. The van der Waals surface area contributed by atoms with Crippen LogP contribution in [0.25, 0.3) is 0 Å². The molecule has 0 amide bonds. The summed E-state index contributed by atoms with van der Waals surface area (Å²) in [7, 11) is 1.06. The third-order valence-corrected chi connectivity index (χ3v) is 5.62. The van der Waals surface area contributed by atoms with E-state index < -0.39 is 65.7 Å². The number of ether oxygens (including phenoxy) is 8. The van der Waals surface area contributed by atoms with E-state index in [9.17, 15) is 34.1 Å². The summed E-state index contributed by atoms with van der Waals surface area (Å²) in [5, 5.41) is 10.7. The Balaban J connectivity index is 1.73. The lowest BCUT2D eigenvalue weighted by molar-refractivity contribution is -0.384. The van der Waals surface area contributed by atoms with Crippen molar-refractivity contribution in [1.82, 2.24) is 0 Å². The van der Waals surface area contributed by atoms with E-state index in [4.69, 9.17) is 37.9 Å². The van der Waals surface area contributed by atoms with Crippen LogP contribution in [0.1, 0.15) is 26.3 Å². The first kappa shape index (κ1) is 32.3. The number of non-ortho nitro benzene ring substituents is 1. The predicted molar refractivity (Wildman–Crippen MR) is 138 cm³/mol. The summed E-state index contributed by atoms with van der Waals surface area (Å²) in [6.07, 6.45) is -8.75. The molecule has 0 aliphatic carbocycles. The SMILES string of the molecule is COC(=O)[C@H]1O[C@@H](Oc2ccc(COC(=O)Oc3ccc([N+](=O)[O-])cc3)cc2)C(OC(C)=O)[C@@H](OC(C)=O)C1OC(C)=O. The van der Waals surface area contributed by atoms with Crippen molar-refractivity contribution in [3.05, 3.63) is 64.2 Å². The maximum absolute atomic E-state index is 12.5. The number of nitro benzene ring substituents is 1. The lowest BCUT2D eigenvalue weighted by Crippen LogP contribution is -2.64. The van der Waals surface area contributed by atoms with E-state index >= 15 is 0 Å². The van der Waals surface area contributed by atoms with Gasteiger partial charge < -0.3 is 37.9 Å². The minimum atomic E-state index is -1.62. The average molecular weight is 606 g/mol. The number of methoxy groups -OCH3 is 1. The van der Waals surface area contributed by atoms with Crippen LogP contribution in [0.2, 0.25) is 0 Å². The third-order valence-electron chi connectivity index (χ3n) is 5.62. The van der Waals surface area contributed by atoms with Crippen molar-refractivity contribution in [2.24, 2.45) is 0 Å². The molecule has 230 valence electrons. The molecule has 5 atom stereocenters. The molecule has 1 saturated heterocycles. The lowest BCUT2D eigenvalue weighted by atomic mass is 9.97. The zero-order chi connectivity index (χ0) is 31.7. The molecule has 0 radical (unpaired) electrons. The summed E-state index contributed by atoms with van der Waals surface area (Å²) in [5.41, 5.74) is 0.321. The number of rotatable bonds is 10. The summed E-state index contributed by atoms with van der Waals surface area (Å²) in [6.45, 7) is 2.99. The molecule has 1 aliphatic rings. The Morgan fingerprint density at radius 2 is 1.33 bits per heavy atom. The van der Waals surface area contributed by atoms with Gasteiger partial charge in [-0.25, -0.2) is 9.59 Å². The Bertz CT molecular complexity index is 1340. The van der Waals surface area contributed by atoms with Crippen molar-refractivity contribution in [1.29, 1.82) is 0 Å². The smallest absolute Gasteiger partial charge is 0.467 e. The topological polar surface area (TPSA) is 202 Å². The normalized spacial score (nSPS) is 21.0. The van der Waals surface area contributed by atoms with Crippen LogP contribution < -0.4 is 9.47 Å². The van der Waals surface area contributed by atoms with E-state index in [1.165, 1.54) is 48.5 Å². The van der Waals surface area contributed by atoms with Crippen LogP contribution in [0.15, 0.2) is 48.5 Å². The van der Waals surface area contributed by atoms with E-state index in [1.54, 1.807) is 0 Å². The summed E-state index contributed by atoms with van der Waals surface area (Å²) in [5.74, 6) is -3.29. The van der Waals surface area contributed by atoms with Crippen LogP contribution in [-0.4, -0.2) is 72.8 Å². The maximum atomic E-state index is 12.5. The number of carbonyl (C=O) groups excluding carboxylic acids is 5. The van der Waals surface area contributed by atoms with Gasteiger partial charge in [0.05, 0.1) is 12.0 Å². The molecule has 0 saturated carbocycles.